The fraction of sp³-hybridized carbons (Fsp3) is 1.00. The summed E-state index contributed by atoms with van der Waals surface area (Å²) in [6.45, 7) is 10.7. The first-order chi connectivity index (χ1) is 9.64. The van der Waals surface area contributed by atoms with E-state index in [-0.39, 0.29) is 0 Å². The number of hydrogen-bond acceptors (Lipinski definition) is 3. The topological polar surface area (TPSA) is 32.5 Å². The lowest BCUT2D eigenvalue weighted by Crippen LogP contribution is -2.56. The van der Waals surface area contributed by atoms with Crippen LogP contribution < -0.4 is 5.73 Å². The maximum atomic E-state index is 6.26. The number of likely N-dealkylation sites (tertiary alicyclic amines) is 2. The molecule has 3 nitrogen and oxygen atoms in total. The van der Waals surface area contributed by atoms with E-state index < -0.39 is 0 Å². The number of rotatable bonds is 4. The summed E-state index contributed by atoms with van der Waals surface area (Å²) in [5, 5.41) is 0. The molecule has 1 aliphatic carbocycles. The standard InChI is InChI=1S/C17H33N3/c1-14(2)15-4-3-9-20(10-7-15)17(12-18)8-11-19(13-17)16-5-6-16/h14-16H,3-13,18H2,1-2H3. The van der Waals surface area contributed by atoms with Gasteiger partial charge < -0.3 is 5.73 Å². The number of nitrogens with two attached hydrogens (primary N) is 1. The summed E-state index contributed by atoms with van der Waals surface area (Å²) in [4.78, 5) is 5.50. The molecule has 0 aromatic rings. The lowest BCUT2D eigenvalue weighted by Gasteiger charge is -2.40. The van der Waals surface area contributed by atoms with E-state index >= 15 is 0 Å². The molecule has 0 aromatic heterocycles. The van der Waals surface area contributed by atoms with Crippen molar-refractivity contribution in [1.82, 2.24) is 9.80 Å². The van der Waals surface area contributed by atoms with Crippen LogP contribution in [-0.4, -0.2) is 54.1 Å². The van der Waals surface area contributed by atoms with E-state index in [0.29, 0.717) is 5.54 Å². The zero-order valence-corrected chi connectivity index (χ0v) is 13.5. The highest BCUT2D eigenvalue weighted by Crippen LogP contribution is 2.37. The Kier molecular flexibility index (Phi) is 4.40. The molecule has 0 bridgehead atoms. The molecule has 0 spiro atoms. The highest BCUT2D eigenvalue weighted by molar-refractivity contribution is 5.04. The fourth-order valence-electron chi connectivity index (χ4n) is 4.46. The van der Waals surface area contributed by atoms with Gasteiger partial charge in [-0.2, -0.15) is 0 Å². The van der Waals surface area contributed by atoms with Gasteiger partial charge in [0, 0.05) is 31.2 Å². The lowest BCUT2D eigenvalue weighted by molar-refractivity contribution is 0.0992. The third-order valence-corrected chi connectivity index (χ3v) is 6.19. The molecule has 116 valence electrons. The van der Waals surface area contributed by atoms with Gasteiger partial charge in [0.25, 0.3) is 0 Å². The Morgan fingerprint density at radius 2 is 1.90 bits per heavy atom. The largest absolute Gasteiger partial charge is 0.329 e. The van der Waals surface area contributed by atoms with E-state index in [1.54, 1.807) is 0 Å². The van der Waals surface area contributed by atoms with Gasteiger partial charge in [0.15, 0.2) is 0 Å². The van der Waals surface area contributed by atoms with E-state index in [1.807, 2.05) is 0 Å². The highest BCUT2D eigenvalue weighted by atomic mass is 15.3. The van der Waals surface area contributed by atoms with Gasteiger partial charge in [0.1, 0.15) is 0 Å². The van der Waals surface area contributed by atoms with Gasteiger partial charge in [0.05, 0.1) is 0 Å². The van der Waals surface area contributed by atoms with Crippen LogP contribution in [0.2, 0.25) is 0 Å². The SMILES string of the molecule is CC(C)C1CCCN(C2(CN)CCN(C3CC3)C2)CC1. The van der Waals surface area contributed by atoms with Crippen molar-refractivity contribution in [1.29, 1.82) is 0 Å². The molecular formula is C17H33N3. The Hall–Kier alpha value is -0.120. The van der Waals surface area contributed by atoms with Crippen molar-refractivity contribution >= 4 is 0 Å². The van der Waals surface area contributed by atoms with Crippen molar-refractivity contribution in [2.45, 2.75) is 64.0 Å². The molecule has 20 heavy (non-hydrogen) atoms. The van der Waals surface area contributed by atoms with Crippen LogP contribution in [-0.2, 0) is 0 Å². The predicted octanol–water partition coefficient (Wildman–Crippen LogP) is 2.31. The van der Waals surface area contributed by atoms with Crippen molar-refractivity contribution in [3.8, 4) is 0 Å². The second kappa shape index (κ2) is 5.94. The monoisotopic (exact) mass is 279 g/mol. The van der Waals surface area contributed by atoms with Crippen LogP contribution in [0.1, 0.15) is 52.4 Å². The smallest absolute Gasteiger partial charge is 0.0470 e. The van der Waals surface area contributed by atoms with Crippen LogP contribution in [0, 0.1) is 11.8 Å². The van der Waals surface area contributed by atoms with E-state index in [9.17, 15) is 0 Å². The Bertz CT molecular complexity index is 326. The second-order valence-corrected chi connectivity index (χ2v) is 7.80. The molecule has 2 saturated heterocycles. The van der Waals surface area contributed by atoms with Gasteiger partial charge in [-0.3, -0.25) is 9.80 Å². The van der Waals surface area contributed by atoms with Crippen LogP contribution in [0.4, 0.5) is 0 Å². The van der Waals surface area contributed by atoms with Gasteiger partial charge in [-0.1, -0.05) is 13.8 Å². The average Bonchev–Trinajstić information content (AvgIpc) is 3.23. The molecule has 3 aliphatic rings. The normalized spacial score (nSPS) is 37.5. The summed E-state index contributed by atoms with van der Waals surface area (Å²) in [6, 6.07) is 0.902. The summed E-state index contributed by atoms with van der Waals surface area (Å²) in [7, 11) is 0. The summed E-state index contributed by atoms with van der Waals surface area (Å²) in [5.41, 5.74) is 6.56. The van der Waals surface area contributed by atoms with Crippen LogP contribution in [0.3, 0.4) is 0 Å². The molecule has 3 fully saturated rings. The lowest BCUT2D eigenvalue weighted by atomic mass is 9.89. The van der Waals surface area contributed by atoms with Crippen molar-refractivity contribution in [2.24, 2.45) is 17.6 Å². The third-order valence-electron chi connectivity index (χ3n) is 6.19. The Morgan fingerprint density at radius 3 is 2.55 bits per heavy atom. The van der Waals surface area contributed by atoms with Crippen molar-refractivity contribution in [3.63, 3.8) is 0 Å². The minimum absolute atomic E-state index is 0.300. The van der Waals surface area contributed by atoms with Crippen molar-refractivity contribution in [2.75, 3.05) is 32.7 Å². The summed E-state index contributed by atoms with van der Waals surface area (Å²) >= 11 is 0. The average molecular weight is 279 g/mol. The first-order valence-corrected chi connectivity index (χ1v) is 8.84. The summed E-state index contributed by atoms with van der Waals surface area (Å²) in [6.07, 6.45) is 8.32. The van der Waals surface area contributed by atoms with Gasteiger partial charge >= 0.3 is 0 Å². The van der Waals surface area contributed by atoms with Crippen LogP contribution in [0.15, 0.2) is 0 Å². The molecule has 0 radical (unpaired) electrons. The molecule has 2 unspecified atom stereocenters. The fourth-order valence-corrected chi connectivity index (χ4v) is 4.46. The van der Waals surface area contributed by atoms with Crippen molar-refractivity contribution in [3.05, 3.63) is 0 Å². The molecule has 2 N–H and O–H groups in total. The first-order valence-electron chi connectivity index (χ1n) is 8.84. The molecule has 0 aromatic carbocycles. The van der Waals surface area contributed by atoms with Crippen LogP contribution >= 0.6 is 0 Å². The van der Waals surface area contributed by atoms with E-state index in [0.717, 1.165) is 24.4 Å². The molecule has 0 amide bonds. The zero-order chi connectivity index (χ0) is 14.2. The van der Waals surface area contributed by atoms with Gasteiger partial charge in [-0.25, -0.2) is 0 Å². The van der Waals surface area contributed by atoms with E-state index in [2.05, 4.69) is 23.6 Å². The minimum atomic E-state index is 0.300. The predicted molar refractivity (Wildman–Crippen MR) is 84.7 cm³/mol. The first kappa shape index (κ1) is 14.8. The van der Waals surface area contributed by atoms with E-state index in [1.165, 1.54) is 64.7 Å². The van der Waals surface area contributed by atoms with Gasteiger partial charge in [-0.15, -0.1) is 0 Å². The molecule has 3 heteroatoms. The molecule has 2 aliphatic heterocycles. The summed E-state index contributed by atoms with van der Waals surface area (Å²) < 4.78 is 0. The van der Waals surface area contributed by atoms with Crippen LogP contribution in [0.5, 0.6) is 0 Å². The Labute approximate surface area is 124 Å². The molecule has 3 rings (SSSR count). The van der Waals surface area contributed by atoms with Gasteiger partial charge in [0.2, 0.25) is 0 Å². The highest BCUT2D eigenvalue weighted by Gasteiger charge is 2.46. The molecule has 2 heterocycles. The molecule has 1 saturated carbocycles. The number of nitrogens with zero attached hydrogens (tertiary/aromatic N) is 2. The second-order valence-electron chi connectivity index (χ2n) is 7.80. The maximum absolute atomic E-state index is 6.26. The third kappa shape index (κ3) is 2.90. The zero-order valence-electron chi connectivity index (χ0n) is 13.5. The Morgan fingerprint density at radius 1 is 1.10 bits per heavy atom. The minimum Gasteiger partial charge on any atom is -0.329 e. The van der Waals surface area contributed by atoms with Crippen molar-refractivity contribution < 1.29 is 0 Å². The van der Waals surface area contributed by atoms with Crippen LogP contribution in [0.25, 0.3) is 0 Å². The van der Waals surface area contributed by atoms with Gasteiger partial charge in [-0.05, 0) is 63.5 Å². The maximum Gasteiger partial charge on any atom is 0.0470 e. The molecule has 2 atom stereocenters. The molecular weight excluding hydrogens is 246 g/mol. The quantitative estimate of drug-likeness (QED) is 0.857. The summed E-state index contributed by atoms with van der Waals surface area (Å²) in [5.74, 6) is 1.77. The Balaban J connectivity index is 1.63. The van der Waals surface area contributed by atoms with E-state index in [4.69, 9.17) is 5.73 Å². The number of hydrogen-bond donors (Lipinski definition) is 1.